The largest absolute Gasteiger partial charge is 0.381 e. The van der Waals surface area contributed by atoms with Crippen LogP contribution in [0, 0.1) is 41.3 Å². The lowest BCUT2D eigenvalue weighted by Gasteiger charge is -2.42. The molecule has 0 radical (unpaired) electrons. The number of anilines is 2. The Labute approximate surface area is 227 Å². The molecule has 0 spiro atoms. The molecule has 1 atom stereocenters. The van der Waals surface area contributed by atoms with Crippen molar-refractivity contribution >= 4 is 22.4 Å². The first kappa shape index (κ1) is 26.6. The molecular weight excluding hydrogens is 495 g/mol. The van der Waals surface area contributed by atoms with Gasteiger partial charge in [-0.25, -0.2) is 9.37 Å². The molecule has 9 heteroatoms. The van der Waals surface area contributed by atoms with E-state index in [0.717, 1.165) is 57.6 Å². The van der Waals surface area contributed by atoms with Gasteiger partial charge in [-0.15, -0.1) is 0 Å². The van der Waals surface area contributed by atoms with Crippen molar-refractivity contribution in [1.82, 2.24) is 9.55 Å². The number of nitrogens with zero attached hydrogens (tertiary/aromatic N) is 6. The number of pyridine rings is 2. The summed E-state index contributed by atoms with van der Waals surface area (Å²) in [5.74, 6) is 0.247. The number of halogens is 1. The second-order valence-corrected chi connectivity index (χ2v) is 10.8. The van der Waals surface area contributed by atoms with Crippen LogP contribution in [-0.2, 0) is 11.8 Å². The van der Waals surface area contributed by atoms with Crippen LogP contribution in [-0.4, -0.2) is 48.4 Å². The van der Waals surface area contributed by atoms with Gasteiger partial charge < -0.3 is 19.1 Å². The predicted molar refractivity (Wildman–Crippen MR) is 148 cm³/mol. The van der Waals surface area contributed by atoms with Crippen LogP contribution in [0.2, 0.25) is 0 Å². The molecule has 1 saturated carbocycles. The van der Waals surface area contributed by atoms with E-state index in [1.54, 1.807) is 32.2 Å². The van der Waals surface area contributed by atoms with Crippen LogP contribution in [0.5, 0.6) is 0 Å². The molecule has 8 nitrogen and oxygen atoms in total. The van der Waals surface area contributed by atoms with Gasteiger partial charge in [0, 0.05) is 50.9 Å². The molecule has 0 amide bonds. The van der Waals surface area contributed by atoms with Gasteiger partial charge in [-0.2, -0.15) is 10.5 Å². The molecule has 0 bridgehead atoms. The van der Waals surface area contributed by atoms with Gasteiger partial charge in [-0.1, -0.05) is 0 Å². The molecule has 2 aromatic heterocycles. The quantitative estimate of drug-likeness (QED) is 0.467. The Balaban J connectivity index is 1.43. The minimum atomic E-state index is -0.372. The van der Waals surface area contributed by atoms with Crippen LogP contribution in [0.15, 0.2) is 35.1 Å². The predicted octanol–water partition coefficient (Wildman–Crippen LogP) is 4.41. The monoisotopic (exact) mass is 528 g/mol. The SMILES string of the molecule is Cc1cc(N(CC2CCOC2)C2CCC(N(C)c3c(C#N)c(=O)n(C)c4ccc(C#N)nc34)CC2)ccc1F. The Morgan fingerprint density at radius 3 is 2.49 bits per heavy atom. The number of nitriles is 2. The standard InChI is InChI=1S/C30H33FN6O2/c1-19-14-24(9-10-26(19)31)37(17-20-12-13-39-18-20)23-7-5-22(6-8-23)35(2)29-25(16-33)30(38)36(3)27-11-4-21(15-32)34-28(27)29/h4,9-11,14,20,22-23H,5-8,12-13,17-18H2,1-3H3. The van der Waals surface area contributed by atoms with E-state index < -0.39 is 0 Å². The van der Waals surface area contributed by atoms with E-state index in [-0.39, 0.29) is 28.7 Å². The summed E-state index contributed by atoms with van der Waals surface area (Å²) in [7, 11) is 3.53. The molecule has 39 heavy (non-hydrogen) atoms. The van der Waals surface area contributed by atoms with E-state index in [1.807, 2.05) is 24.1 Å². The highest BCUT2D eigenvalue weighted by Crippen LogP contribution is 2.35. The Hall–Kier alpha value is -3.95. The zero-order valence-corrected chi connectivity index (χ0v) is 22.7. The van der Waals surface area contributed by atoms with Gasteiger partial charge in [-0.3, -0.25) is 4.79 Å². The van der Waals surface area contributed by atoms with Crippen LogP contribution in [0.1, 0.15) is 48.9 Å². The first-order valence-electron chi connectivity index (χ1n) is 13.5. The molecule has 3 aromatic rings. The third-order valence-corrected chi connectivity index (χ3v) is 8.40. The van der Waals surface area contributed by atoms with Gasteiger partial charge in [0.25, 0.3) is 5.56 Å². The highest BCUT2D eigenvalue weighted by atomic mass is 19.1. The van der Waals surface area contributed by atoms with Crippen LogP contribution >= 0.6 is 0 Å². The number of benzene rings is 1. The van der Waals surface area contributed by atoms with E-state index in [0.29, 0.717) is 34.2 Å². The third kappa shape index (κ3) is 5.07. The molecule has 5 rings (SSSR count). The molecule has 2 aliphatic rings. The van der Waals surface area contributed by atoms with Gasteiger partial charge in [0.1, 0.15) is 34.7 Å². The number of ether oxygens (including phenoxy) is 1. The molecule has 3 heterocycles. The summed E-state index contributed by atoms with van der Waals surface area (Å²) in [6, 6.07) is 13.2. The number of rotatable bonds is 6. The fraction of sp³-hybridized carbons (Fsp3) is 0.467. The number of fused-ring (bicyclic) bond motifs is 1. The number of aryl methyl sites for hydroxylation is 2. The molecule has 2 fully saturated rings. The first-order chi connectivity index (χ1) is 18.8. The minimum absolute atomic E-state index is 0.0434. The van der Waals surface area contributed by atoms with Crippen molar-refractivity contribution in [3.8, 4) is 12.1 Å². The average Bonchev–Trinajstić information content (AvgIpc) is 3.48. The number of aromatic nitrogens is 2. The summed E-state index contributed by atoms with van der Waals surface area (Å²) in [5.41, 5.74) is 3.15. The maximum Gasteiger partial charge on any atom is 0.270 e. The smallest absolute Gasteiger partial charge is 0.270 e. The second-order valence-electron chi connectivity index (χ2n) is 10.8. The maximum absolute atomic E-state index is 14.1. The van der Waals surface area contributed by atoms with E-state index in [9.17, 15) is 19.7 Å². The summed E-state index contributed by atoms with van der Waals surface area (Å²) in [4.78, 5) is 22.0. The van der Waals surface area contributed by atoms with E-state index in [1.165, 1.54) is 4.57 Å². The first-order valence-corrected chi connectivity index (χ1v) is 13.5. The van der Waals surface area contributed by atoms with Gasteiger partial charge in [0.2, 0.25) is 0 Å². The van der Waals surface area contributed by atoms with Crippen molar-refractivity contribution in [2.24, 2.45) is 13.0 Å². The van der Waals surface area contributed by atoms with Gasteiger partial charge in [0.05, 0.1) is 17.8 Å². The van der Waals surface area contributed by atoms with Crippen molar-refractivity contribution in [3.05, 3.63) is 63.3 Å². The zero-order chi connectivity index (χ0) is 27.7. The second kappa shape index (κ2) is 11.0. The lowest BCUT2D eigenvalue weighted by atomic mass is 9.88. The molecule has 1 saturated heterocycles. The lowest BCUT2D eigenvalue weighted by Crippen LogP contribution is -2.45. The van der Waals surface area contributed by atoms with Crippen molar-refractivity contribution in [2.75, 3.05) is 36.6 Å². The van der Waals surface area contributed by atoms with Crippen LogP contribution in [0.4, 0.5) is 15.8 Å². The molecule has 1 aromatic carbocycles. The molecule has 202 valence electrons. The molecule has 0 N–H and O–H groups in total. The minimum Gasteiger partial charge on any atom is -0.381 e. The summed E-state index contributed by atoms with van der Waals surface area (Å²) in [6.45, 7) is 4.20. The van der Waals surface area contributed by atoms with Gasteiger partial charge >= 0.3 is 0 Å². The highest BCUT2D eigenvalue weighted by Gasteiger charge is 2.32. The maximum atomic E-state index is 14.1. The van der Waals surface area contributed by atoms with Crippen molar-refractivity contribution in [1.29, 1.82) is 10.5 Å². The Kier molecular flexibility index (Phi) is 7.54. The topological polar surface area (TPSA) is 98.2 Å². The van der Waals surface area contributed by atoms with Crippen LogP contribution < -0.4 is 15.4 Å². The molecule has 1 aliphatic carbocycles. The van der Waals surface area contributed by atoms with Crippen molar-refractivity contribution in [3.63, 3.8) is 0 Å². The fourth-order valence-electron chi connectivity index (χ4n) is 6.12. The number of hydrogen-bond acceptors (Lipinski definition) is 7. The summed E-state index contributed by atoms with van der Waals surface area (Å²) >= 11 is 0. The fourth-order valence-corrected chi connectivity index (χ4v) is 6.12. The molecule has 1 unspecified atom stereocenters. The lowest BCUT2D eigenvalue weighted by molar-refractivity contribution is 0.185. The van der Waals surface area contributed by atoms with Crippen molar-refractivity contribution in [2.45, 2.75) is 51.1 Å². The molecule has 1 aliphatic heterocycles. The Morgan fingerprint density at radius 1 is 1.10 bits per heavy atom. The van der Waals surface area contributed by atoms with E-state index >= 15 is 0 Å². The Bertz CT molecular complexity index is 1520. The molecular formula is C30H33FN6O2. The normalized spacial score (nSPS) is 20.9. The van der Waals surface area contributed by atoms with Gasteiger partial charge in [0.15, 0.2) is 0 Å². The number of hydrogen-bond donors (Lipinski definition) is 0. The van der Waals surface area contributed by atoms with Crippen LogP contribution in [0.3, 0.4) is 0 Å². The van der Waals surface area contributed by atoms with E-state index in [4.69, 9.17) is 4.74 Å². The van der Waals surface area contributed by atoms with Crippen molar-refractivity contribution < 1.29 is 9.13 Å². The van der Waals surface area contributed by atoms with Crippen LogP contribution in [0.25, 0.3) is 11.0 Å². The Morgan fingerprint density at radius 2 is 1.85 bits per heavy atom. The summed E-state index contributed by atoms with van der Waals surface area (Å²) in [6.07, 6.45) is 4.58. The summed E-state index contributed by atoms with van der Waals surface area (Å²) < 4.78 is 21.1. The third-order valence-electron chi connectivity index (χ3n) is 8.40. The zero-order valence-electron chi connectivity index (χ0n) is 22.7. The van der Waals surface area contributed by atoms with E-state index in [2.05, 4.69) is 22.0 Å². The van der Waals surface area contributed by atoms with Gasteiger partial charge in [-0.05, 0) is 74.9 Å². The highest BCUT2D eigenvalue weighted by molar-refractivity contribution is 5.92. The average molecular weight is 529 g/mol. The summed E-state index contributed by atoms with van der Waals surface area (Å²) in [5, 5.41) is 19.4.